The number of nitrogens with one attached hydrogen (secondary N) is 1. The van der Waals surface area contributed by atoms with Gasteiger partial charge in [-0.3, -0.25) is 4.79 Å². The maximum absolute atomic E-state index is 11.9. The summed E-state index contributed by atoms with van der Waals surface area (Å²) in [5, 5.41) is 3.65. The molecule has 0 spiro atoms. The highest BCUT2D eigenvalue weighted by Gasteiger charge is 2.27. The van der Waals surface area contributed by atoms with E-state index in [1.165, 1.54) is 0 Å². The molecule has 1 saturated heterocycles. The number of amides is 1. The van der Waals surface area contributed by atoms with Crippen LogP contribution in [-0.2, 0) is 4.79 Å². The molecule has 1 saturated carbocycles. The zero-order valence-electron chi connectivity index (χ0n) is 11.4. The van der Waals surface area contributed by atoms with E-state index in [1.54, 1.807) is 6.07 Å². The summed E-state index contributed by atoms with van der Waals surface area (Å²) < 4.78 is 0. The van der Waals surface area contributed by atoms with Crippen LogP contribution in [0, 0.1) is 0 Å². The second-order valence-electron chi connectivity index (χ2n) is 5.47. The van der Waals surface area contributed by atoms with Gasteiger partial charge in [-0.15, -0.1) is 0 Å². The van der Waals surface area contributed by atoms with E-state index < -0.39 is 0 Å². The Hall–Kier alpha value is -1.36. The predicted octanol–water partition coefficient (Wildman–Crippen LogP) is 2.43. The normalized spacial score (nSPS) is 18.4. The third-order valence-electron chi connectivity index (χ3n) is 3.76. The maximum Gasteiger partial charge on any atom is 0.224 e. The smallest absolute Gasteiger partial charge is 0.224 e. The minimum absolute atomic E-state index is 0.220. The van der Waals surface area contributed by atoms with E-state index in [4.69, 9.17) is 11.6 Å². The van der Waals surface area contributed by atoms with Crippen LogP contribution < -0.4 is 5.32 Å². The maximum atomic E-state index is 11.9. The third kappa shape index (κ3) is 3.39. The number of anilines is 1. The van der Waals surface area contributed by atoms with Gasteiger partial charge < -0.3 is 10.2 Å². The number of hydrogen-bond donors (Lipinski definition) is 1. The average molecular weight is 295 g/mol. The van der Waals surface area contributed by atoms with Crippen LogP contribution in [-0.4, -0.2) is 40.4 Å². The highest BCUT2D eigenvalue weighted by Crippen LogP contribution is 2.38. The van der Waals surface area contributed by atoms with Crippen LogP contribution in [0.25, 0.3) is 0 Å². The molecular weight excluding hydrogens is 276 g/mol. The molecule has 1 aromatic rings. The van der Waals surface area contributed by atoms with Gasteiger partial charge in [0.25, 0.3) is 0 Å². The van der Waals surface area contributed by atoms with Crippen LogP contribution in [0.2, 0.25) is 5.15 Å². The number of halogens is 1. The molecule has 2 aliphatic rings. The molecule has 3 rings (SSSR count). The van der Waals surface area contributed by atoms with E-state index >= 15 is 0 Å². The van der Waals surface area contributed by atoms with Gasteiger partial charge in [0.1, 0.15) is 16.8 Å². The Labute approximate surface area is 123 Å². The van der Waals surface area contributed by atoms with E-state index in [0.717, 1.165) is 50.4 Å². The molecule has 2 fully saturated rings. The Balaban J connectivity index is 1.51. The third-order valence-corrected chi connectivity index (χ3v) is 3.95. The minimum atomic E-state index is 0.220. The van der Waals surface area contributed by atoms with Gasteiger partial charge in [0, 0.05) is 38.0 Å². The van der Waals surface area contributed by atoms with Crippen LogP contribution in [0.4, 0.5) is 5.82 Å². The summed E-state index contributed by atoms with van der Waals surface area (Å²) in [5.41, 5.74) is 0. The molecule has 1 aliphatic carbocycles. The van der Waals surface area contributed by atoms with Crippen molar-refractivity contribution in [1.29, 1.82) is 0 Å². The first kappa shape index (κ1) is 13.6. The van der Waals surface area contributed by atoms with E-state index in [9.17, 15) is 4.79 Å². The van der Waals surface area contributed by atoms with E-state index in [2.05, 4.69) is 15.3 Å². The largest absolute Gasteiger partial charge is 0.369 e. The molecule has 2 heterocycles. The summed E-state index contributed by atoms with van der Waals surface area (Å²) in [4.78, 5) is 22.5. The van der Waals surface area contributed by atoms with Gasteiger partial charge in [-0.2, -0.15) is 0 Å². The molecule has 0 unspecified atom stereocenters. The molecule has 1 amide bonds. The Bertz CT molecular complexity index is 498. The topological polar surface area (TPSA) is 58.1 Å². The number of aromatic nitrogens is 2. The number of nitrogens with zero attached hydrogens (tertiary/aromatic N) is 3. The average Bonchev–Trinajstić information content (AvgIpc) is 3.13. The Morgan fingerprint density at radius 3 is 2.80 bits per heavy atom. The first-order valence-corrected chi connectivity index (χ1v) is 7.66. The van der Waals surface area contributed by atoms with E-state index in [1.807, 2.05) is 4.90 Å². The van der Waals surface area contributed by atoms with Crippen LogP contribution >= 0.6 is 11.6 Å². The quantitative estimate of drug-likeness (QED) is 0.848. The number of hydrogen-bond acceptors (Lipinski definition) is 4. The lowest BCUT2D eigenvalue weighted by atomic mass is 10.3. The van der Waals surface area contributed by atoms with Gasteiger partial charge in [0.15, 0.2) is 0 Å². The van der Waals surface area contributed by atoms with Crippen LogP contribution in [0.1, 0.15) is 43.8 Å². The molecule has 5 nitrogen and oxygen atoms in total. The fourth-order valence-corrected chi connectivity index (χ4v) is 2.66. The Morgan fingerprint density at radius 2 is 2.10 bits per heavy atom. The summed E-state index contributed by atoms with van der Waals surface area (Å²) in [6.45, 7) is 2.40. The van der Waals surface area contributed by atoms with Crippen molar-refractivity contribution >= 4 is 23.3 Å². The molecule has 0 radical (unpaired) electrons. The monoisotopic (exact) mass is 294 g/mol. The number of rotatable bonds is 5. The molecule has 0 atom stereocenters. The summed E-state index contributed by atoms with van der Waals surface area (Å²) in [6.07, 6.45) is 5.05. The first-order chi connectivity index (χ1) is 9.72. The van der Waals surface area contributed by atoms with Crippen molar-refractivity contribution in [3.8, 4) is 0 Å². The van der Waals surface area contributed by atoms with Crippen LogP contribution in [0.15, 0.2) is 6.07 Å². The van der Waals surface area contributed by atoms with Crippen molar-refractivity contribution in [3.63, 3.8) is 0 Å². The zero-order valence-corrected chi connectivity index (χ0v) is 12.2. The lowest BCUT2D eigenvalue weighted by Gasteiger charge is -2.15. The van der Waals surface area contributed by atoms with Gasteiger partial charge in [-0.25, -0.2) is 9.97 Å². The van der Waals surface area contributed by atoms with Gasteiger partial charge >= 0.3 is 0 Å². The summed E-state index contributed by atoms with van der Waals surface area (Å²) in [7, 11) is 0. The zero-order chi connectivity index (χ0) is 13.9. The van der Waals surface area contributed by atoms with Gasteiger partial charge in [-0.05, 0) is 25.7 Å². The van der Waals surface area contributed by atoms with Crippen molar-refractivity contribution in [2.45, 2.75) is 38.0 Å². The highest BCUT2D eigenvalue weighted by atomic mass is 35.5. The van der Waals surface area contributed by atoms with Gasteiger partial charge in [0.05, 0.1) is 0 Å². The molecule has 1 aliphatic heterocycles. The van der Waals surface area contributed by atoms with Gasteiger partial charge in [0.2, 0.25) is 5.91 Å². The lowest BCUT2D eigenvalue weighted by molar-refractivity contribution is -0.129. The summed E-state index contributed by atoms with van der Waals surface area (Å²) in [5.74, 6) is 2.24. The van der Waals surface area contributed by atoms with Gasteiger partial charge in [-0.1, -0.05) is 11.6 Å². The number of carbonyl (C=O) groups excluding carboxylic acids is 1. The standard InChI is InChI=1S/C14H19ClN4O/c15-11-9-12(18-14(17-11)10-3-4-10)16-6-5-13(20)19-7-1-2-8-19/h9-10H,1-8H2,(H,16,17,18). The van der Waals surface area contributed by atoms with Crippen molar-refractivity contribution in [1.82, 2.24) is 14.9 Å². The molecule has 1 aromatic heterocycles. The predicted molar refractivity (Wildman–Crippen MR) is 77.9 cm³/mol. The molecule has 0 bridgehead atoms. The molecule has 20 heavy (non-hydrogen) atoms. The van der Waals surface area contributed by atoms with Crippen molar-refractivity contribution in [2.75, 3.05) is 25.0 Å². The van der Waals surface area contributed by atoms with E-state index in [-0.39, 0.29) is 5.91 Å². The Morgan fingerprint density at radius 1 is 1.35 bits per heavy atom. The first-order valence-electron chi connectivity index (χ1n) is 7.28. The van der Waals surface area contributed by atoms with E-state index in [0.29, 0.717) is 24.0 Å². The fraction of sp³-hybridized carbons (Fsp3) is 0.643. The molecular formula is C14H19ClN4O. The summed E-state index contributed by atoms with van der Waals surface area (Å²) in [6, 6.07) is 1.72. The second kappa shape index (κ2) is 5.95. The fourth-order valence-electron chi connectivity index (χ4n) is 2.47. The van der Waals surface area contributed by atoms with Crippen molar-refractivity contribution in [3.05, 3.63) is 17.0 Å². The highest BCUT2D eigenvalue weighted by molar-refractivity contribution is 6.29. The van der Waals surface area contributed by atoms with Crippen molar-refractivity contribution < 1.29 is 4.79 Å². The molecule has 0 aromatic carbocycles. The number of likely N-dealkylation sites (tertiary alicyclic amines) is 1. The second-order valence-corrected chi connectivity index (χ2v) is 5.86. The molecule has 108 valence electrons. The SMILES string of the molecule is O=C(CCNc1cc(Cl)nc(C2CC2)n1)N1CCCC1. The molecule has 1 N–H and O–H groups in total. The Kier molecular flexibility index (Phi) is 4.05. The van der Waals surface area contributed by atoms with Crippen LogP contribution in [0.5, 0.6) is 0 Å². The lowest BCUT2D eigenvalue weighted by Crippen LogP contribution is -2.29. The van der Waals surface area contributed by atoms with Crippen LogP contribution in [0.3, 0.4) is 0 Å². The summed E-state index contributed by atoms with van der Waals surface area (Å²) >= 11 is 6.00. The van der Waals surface area contributed by atoms with Crippen molar-refractivity contribution in [2.24, 2.45) is 0 Å². The number of carbonyl (C=O) groups is 1. The minimum Gasteiger partial charge on any atom is -0.369 e. The molecule has 6 heteroatoms.